The molecule has 0 saturated carbocycles. The molecule has 0 fully saturated rings. The van der Waals surface area contributed by atoms with Crippen LogP contribution in [0.15, 0.2) is 97.2 Å². The van der Waals surface area contributed by atoms with Gasteiger partial charge in [-0.3, -0.25) is 9.59 Å². The number of allylic oxidation sites excluding steroid dienone is 15. The molecule has 330 valence electrons. The molecule has 5 heteroatoms. The lowest BCUT2D eigenvalue weighted by molar-refractivity contribution is -0.162. The summed E-state index contributed by atoms with van der Waals surface area (Å²) in [5.41, 5.74) is 0. The van der Waals surface area contributed by atoms with Gasteiger partial charge in [-0.2, -0.15) is 0 Å². The van der Waals surface area contributed by atoms with Crippen LogP contribution in [0.3, 0.4) is 0 Å². The fourth-order valence-corrected chi connectivity index (χ4v) is 6.18. The molecule has 0 aromatic carbocycles. The predicted molar refractivity (Wildman–Crippen MR) is 251 cm³/mol. The molecule has 0 amide bonds. The molecular formula is C53H88O5. The molecule has 0 aliphatic heterocycles. The van der Waals surface area contributed by atoms with Crippen molar-refractivity contribution in [1.82, 2.24) is 0 Å². The molecule has 0 rings (SSSR count). The minimum Gasteiger partial charge on any atom is -0.461 e. The Kier molecular flexibility index (Phi) is 45.5. The van der Waals surface area contributed by atoms with Crippen molar-refractivity contribution in [3.63, 3.8) is 0 Å². The van der Waals surface area contributed by atoms with Crippen molar-refractivity contribution in [2.45, 2.75) is 207 Å². The number of carbonyl (C=O) groups is 2. The Morgan fingerprint density at radius 1 is 0.414 bits per heavy atom. The standard InChI is InChI=1S/C53H88O5/c1-4-7-10-13-16-19-22-25-27-29-31-34-37-40-43-46-52(54)57-50-51(49-56-48-45-42-39-36-33-30-26-23-20-17-14-11-8-5-2)58-53(55)47-44-41-38-35-32-28-24-21-18-15-12-9-6-3/h7-8,10-11,16-17,19-20,25-27,30-31,34,40,43,51H,4-6,9,12-15,18,21-24,28-29,32-33,35-39,41-42,44-50H2,1-3H3/b10-7-,11-8-,19-16-,20-17-,27-25-,30-26-,34-31-,43-40-. The van der Waals surface area contributed by atoms with Crippen LogP contribution in [0.5, 0.6) is 0 Å². The first-order valence-electron chi connectivity index (χ1n) is 23.8. The third-order valence-corrected chi connectivity index (χ3v) is 9.65. The number of hydrogen-bond donors (Lipinski definition) is 0. The molecule has 1 unspecified atom stereocenters. The highest BCUT2D eigenvalue weighted by Gasteiger charge is 2.17. The smallest absolute Gasteiger partial charge is 0.309 e. The highest BCUT2D eigenvalue weighted by molar-refractivity contribution is 5.71. The molecule has 0 aliphatic rings. The van der Waals surface area contributed by atoms with Gasteiger partial charge < -0.3 is 14.2 Å². The van der Waals surface area contributed by atoms with E-state index in [0.29, 0.717) is 13.0 Å². The van der Waals surface area contributed by atoms with Crippen molar-refractivity contribution < 1.29 is 23.8 Å². The van der Waals surface area contributed by atoms with E-state index >= 15 is 0 Å². The second-order valence-corrected chi connectivity index (χ2v) is 15.3. The lowest BCUT2D eigenvalue weighted by atomic mass is 10.0. The lowest BCUT2D eigenvalue weighted by Gasteiger charge is -2.18. The third-order valence-electron chi connectivity index (χ3n) is 9.65. The van der Waals surface area contributed by atoms with Gasteiger partial charge in [-0.05, 0) is 77.0 Å². The average Bonchev–Trinajstić information content (AvgIpc) is 3.22. The van der Waals surface area contributed by atoms with Gasteiger partial charge in [-0.25, -0.2) is 0 Å². The van der Waals surface area contributed by atoms with E-state index in [-0.39, 0.29) is 31.6 Å². The highest BCUT2D eigenvalue weighted by atomic mass is 16.6. The van der Waals surface area contributed by atoms with Crippen LogP contribution in [0, 0.1) is 0 Å². The van der Waals surface area contributed by atoms with Crippen molar-refractivity contribution in [1.29, 1.82) is 0 Å². The largest absolute Gasteiger partial charge is 0.461 e. The molecule has 0 aromatic rings. The summed E-state index contributed by atoms with van der Waals surface area (Å²) in [5.74, 6) is -0.560. The molecule has 0 saturated heterocycles. The van der Waals surface area contributed by atoms with Crippen LogP contribution in [-0.4, -0.2) is 37.9 Å². The van der Waals surface area contributed by atoms with Gasteiger partial charge in [0.25, 0.3) is 0 Å². The molecule has 0 heterocycles. The number of unbranched alkanes of at least 4 members (excludes halogenated alkanes) is 16. The van der Waals surface area contributed by atoms with Gasteiger partial charge in [0.05, 0.1) is 13.0 Å². The van der Waals surface area contributed by atoms with Gasteiger partial charge in [0.2, 0.25) is 0 Å². The minimum absolute atomic E-state index is 0.0187. The summed E-state index contributed by atoms with van der Waals surface area (Å²) in [6.45, 7) is 7.44. The van der Waals surface area contributed by atoms with Gasteiger partial charge in [0.15, 0.2) is 6.10 Å². The second-order valence-electron chi connectivity index (χ2n) is 15.3. The van der Waals surface area contributed by atoms with Gasteiger partial charge in [-0.1, -0.05) is 208 Å². The van der Waals surface area contributed by atoms with E-state index in [9.17, 15) is 9.59 Å². The molecule has 0 aromatic heterocycles. The van der Waals surface area contributed by atoms with Crippen molar-refractivity contribution in [2.24, 2.45) is 0 Å². The Morgan fingerprint density at radius 2 is 0.828 bits per heavy atom. The maximum atomic E-state index is 12.7. The Hall–Kier alpha value is -3.18. The van der Waals surface area contributed by atoms with E-state index in [0.717, 1.165) is 96.3 Å². The Bertz CT molecular complexity index is 1140. The lowest BCUT2D eigenvalue weighted by Crippen LogP contribution is -2.30. The Morgan fingerprint density at radius 3 is 1.33 bits per heavy atom. The number of esters is 2. The maximum absolute atomic E-state index is 12.7. The monoisotopic (exact) mass is 805 g/mol. The van der Waals surface area contributed by atoms with Crippen molar-refractivity contribution >= 4 is 11.9 Å². The average molecular weight is 805 g/mol. The summed E-state index contributed by atoms with van der Waals surface area (Å²) in [6, 6.07) is 0. The molecule has 58 heavy (non-hydrogen) atoms. The van der Waals surface area contributed by atoms with Crippen molar-refractivity contribution in [3.8, 4) is 0 Å². The molecule has 1 atom stereocenters. The fourth-order valence-electron chi connectivity index (χ4n) is 6.18. The summed E-state index contributed by atoms with van der Waals surface area (Å²) in [5, 5.41) is 0. The van der Waals surface area contributed by atoms with Crippen LogP contribution in [0.25, 0.3) is 0 Å². The van der Waals surface area contributed by atoms with Gasteiger partial charge >= 0.3 is 11.9 Å². The molecule has 0 radical (unpaired) electrons. The van der Waals surface area contributed by atoms with Crippen molar-refractivity contribution in [2.75, 3.05) is 19.8 Å². The van der Waals surface area contributed by atoms with Crippen LogP contribution in [0.2, 0.25) is 0 Å². The minimum atomic E-state index is -0.589. The molecular weight excluding hydrogens is 717 g/mol. The van der Waals surface area contributed by atoms with Crippen LogP contribution in [0.1, 0.15) is 201 Å². The van der Waals surface area contributed by atoms with Gasteiger partial charge in [0, 0.05) is 13.0 Å². The molecule has 0 N–H and O–H groups in total. The summed E-state index contributed by atoms with van der Waals surface area (Å²) < 4.78 is 17.2. The second kappa shape index (κ2) is 48.2. The molecule has 0 aliphatic carbocycles. The van der Waals surface area contributed by atoms with Crippen LogP contribution in [-0.2, 0) is 23.8 Å². The highest BCUT2D eigenvalue weighted by Crippen LogP contribution is 2.14. The fraction of sp³-hybridized carbons (Fsp3) is 0.660. The van der Waals surface area contributed by atoms with E-state index in [4.69, 9.17) is 14.2 Å². The van der Waals surface area contributed by atoms with Crippen molar-refractivity contribution in [3.05, 3.63) is 97.2 Å². The third kappa shape index (κ3) is 45.5. The van der Waals surface area contributed by atoms with Gasteiger partial charge in [-0.15, -0.1) is 0 Å². The van der Waals surface area contributed by atoms with Crippen LogP contribution in [0.4, 0.5) is 0 Å². The summed E-state index contributed by atoms with van der Waals surface area (Å²) >= 11 is 0. The number of ether oxygens (including phenoxy) is 3. The SMILES string of the molecule is CC/C=C\C/C=C\C/C=C\C/C=C\C/C=C\CC(=O)OCC(COCCCCCC/C=C\C/C=C\C/C=C\CC)OC(=O)CCCCCCCCCCCCCCC. The number of rotatable bonds is 42. The number of hydrogen-bond acceptors (Lipinski definition) is 5. The summed E-state index contributed by atoms with van der Waals surface area (Å²) in [4.78, 5) is 25.2. The maximum Gasteiger partial charge on any atom is 0.309 e. The zero-order valence-electron chi connectivity index (χ0n) is 37.8. The summed E-state index contributed by atoms with van der Waals surface area (Å²) in [7, 11) is 0. The van der Waals surface area contributed by atoms with E-state index in [1.807, 2.05) is 12.2 Å². The molecule has 0 bridgehead atoms. The Balaban J connectivity index is 4.44. The van der Waals surface area contributed by atoms with Crippen LogP contribution < -0.4 is 0 Å². The number of carbonyl (C=O) groups excluding carboxylic acids is 2. The van der Waals surface area contributed by atoms with Crippen LogP contribution >= 0.6 is 0 Å². The Labute approximate surface area is 358 Å². The summed E-state index contributed by atoms with van der Waals surface area (Å²) in [6.07, 6.45) is 64.3. The first-order chi connectivity index (χ1) is 28.6. The van der Waals surface area contributed by atoms with E-state index in [1.165, 1.54) is 70.6 Å². The first kappa shape index (κ1) is 54.8. The normalized spacial score (nSPS) is 13.1. The van der Waals surface area contributed by atoms with E-state index < -0.39 is 6.10 Å². The zero-order valence-corrected chi connectivity index (χ0v) is 37.8. The van der Waals surface area contributed by atoms with E-state index in [1.54, 1.807) is 0 Å². The quantitative estimate of drug-likeness (QED) is 0.0349. The zero-order chi connectivity index (χ0) is 42.1. The topological polar surface area (TPSA) is 61.8 Å². The molecule has 0 spiro atoms. The predicted octanol–water partition coefficient (Wildman–Crippen LogP) is 15.9. The van der Waals surface area contributed by atoms with E-state index in [2.05, 4.69) is 106 Å². The first-order valence-corrected chi connectivity index (χ1v) is 23.8. The molecule has 5 nitrogen and oxygen atoms in total. The van der Waals surface area contributed by atoms with Gasteiger partial charge in [0.1, 0.15) is 6.61 Å².